The van der Waals surface area contributed by atoms with Crippen LogP contribution in [0.15, 0.2) is 12.1 Å². The van der Waals surface area contributed by atoms with Crippen molar-refractivity contribution < 1.29 is 14.7 Å². The van der Waals surface area contributed by atoms with Crippen molar-refractivity contribution in [3.05, 3.63) is 21.3 Å². The van der Waals surface area contributed by atoms with Crippen molar-refractivity contribution in [2.45, 2.75) is 26.8 Å². The minimum Gasteiger partial charge on any atom is -0.481 e. The molecule has 1 N–H and O–H groups in total. The van der Waals surface area contributed by atoms with Crippen LogP contribution in [-0.4, -0.2) is 28.9 Å². The molecule has 0 atom stereocenters. The highest BCUT2D eigenvalue weighted by atomic mass is 35.5. The summed E-state index contributed by atoms with van der Waals surface area (Å²) < 4.78 is 0.678. The van der Waals surface area contributed by atoms with Gasteiger partial charge in [0.05, 0.1) is 16.3 Å². The molecule has 6 heteroatoms. The van der Waals surface area contributed by atoms with E-state index in [1.807, 2.05) is 6.07 Å². The van der Waals surface area contributed by atoms with E-state index in [4.69, 9.17) is 16.7 Å². The fourth-order valence-electron chi connectivity index (χ4n) is 1.35. The molecule has 18 heavy (non-hydrogen) atoms. The Labute approximate surface area is 115 Å². The van der Waals surface area contributed by atoms with Crippen LogP contribution < -0.4 is 0 Å². The first-order valence-electron chi connectivity index (χ1n) is 5.44. The highest BCUT2D eigenvalue weighted by molar-refractivity contribution is 7.16. The summed E-state index contributed by atoms with van der Waals surface area (Å²) in [5, 5.41) is 8.98. The number of rotatable bonds is 5. The van der Waals surface area contributed by atoms with Crippen LogP contribution in [0.3, 0.4) is 0 Å². The van der Waals surface area contributed by atoms with Crippen molar-refractivity contribution >= 4 is 34.8 Å². The zero-order chi connectivity index (χ0) is 13.9. The van der Waals surface area contributed by atoms with Crippen molar-refractivity contribution in [1.82, 2.24) is 4.90 Å². The maximum atomic E-state index is 11.9. The Hall–Kier alpha value is -1.07. The molecule has 1 heterocycles. The number of aliphatic carboxylic acids is 1. The van der Waals surface area contributed by atoms with Gasteiger partial charge in [-0.25, -0.2) is 0 Å². The third kappa shape index (κ3) is 3.99. The van der Waals surface area contributed by atoms with Crippen molar-refractivity contribution in [3.63, 3.8) is 0 Å². The molecule has 0 spiro atoms. The molecule has 4 nitrogen and oxygen atoms in total. The van der Waals surface area contributed by atoms with Crippen LogP contribution >= 0.6 is 22.9 Å². The molecule has 0 fully saturated rings. The van der Waals surface area contributed by atoms with Gasteiger partial charge in [-0.3, -0.25) is 9.59 Å². The fraction of sp³-hybridized carbons (Fsp3) is 0.500. The third-order valence-electron chi connectivity index (χ3n) is 2.62. The number of carboxylic acid groups (broad SMARTS) is 1. The standard InChI is InChI=1S/C12H16ClNO3S/c1-12(2,11(16)17)6-10(15)14(3)7-8-4-5-9(13)18-8/h4-5H,6-7H2,1-3H3,(H,16,17). The van der Waals surface area contributed by atoms with Gasteiger partial charge >= 0.3 is 5.97 Å². The van der Waals surface area contributed by atoms with Crippen LogP contribution in [0, 0.1) is 5.41 Å². The van der Waals surface area contributed by atoms with Crippen LogP contribution in [0.2, 0.25) is 4.34 Å². The lowest BCUT2D eigenvalue weighted by molar-refractivity contribution is -0.151. The summed E-state index contributed by atoms with van der Waals surface area (Å²) in [5.74, 6) is -1.16. The lowest BCUT2D eigenvalue weighted by Crippen LogP contribution is -2.34. The molecule has 0 aliphatic rings. The molecule has 0 saturated carbocycles. The van der Waals surface area contributed by atoms with Crippen molar-refractivity contribution in [2.24, 2.45) is 5.41 Å². The Morgan fingerprint density at radius 3 is 2.50 bits per heavy atom. The lowest BCUT2D eigenvalue weighted by atomic mass is 9.89. The zero-order valence-electron chi connectivity index (χ0n) is 10.6. The number of hydrogen-bond acceptors (Lipinski definition) is 3. The van der Waals surface area contributed by atoms with E-state index >= 15 is 0 Å². The van der Waals surface area contributed by atoms with Gasteiger partial charge in [0, 0.05) is 18.3 Å². The highest BCUT2D eigenvalue weighted by Gasteiger charge is 2.31. The Kier molecular flexibility index (Phi) is 4.76. The molecule has 0 aromatic carbocycles. The fourth-order valence-corrected chi connectivity index (χ4v) is 2.49. The molecular weight excluding hydrogens is 274 g/mol. The van der Waals surface area contributed by atoms with E-state index in [-0.39, 0.29) is 12.3 Å². The first kappa shape index (κ1) is 15.0. The number of amides is 1. The minimum atomic E-state index is -1.04. The second-order valence-corrected chi connectivity index (χ2v) is 6.62. The van der Waals surface area contributed by atoms with Gasteiger partial charge in [-0.15, -0.1) is 11.3 Å². The molecule has 0 unspecified atom stereocenters. The summed E-state index contributed by atoms with van der Waals surface area (Å²) in [6, 6.07) is 3.64. The summed E-state index contributed by atoms with van der Waals surface area (Å²) in [6.07, 6.45) is -0.0159. The van der Waals surface area contributed by atoms with E-state index in [2.05, 4.69) is 0 Å². The predicted molar refractivity (Wildman–Crippen MR) is 71.8 cm³/mol. The molecule has 0 radical (unpaired) electrons. The van der Waals surface area contributed by atoms with Crippen LogP contribution in [0.1, 0.15) is 25.1 Å². The van der Waals surface area contributed by atoms with Gasteiger partial charge in [0.1, 0.15) is 0 Å². The van der Waals surface area contributed by atoms with Gasteiger partial charge in [-0.2, -0.15) is 0 Å². The number of halogens is 1. The second-order valence-electron chi connectivity index (χ2n) is 4.82. The largest absolute Gasteiger partial charge is 0.481 e. The Morgan fingerprint density at radius 2 is 2.06 bits per heavy atom. The van der Waals surface area contributed by atoms with E-state index in [1.54, 1.807) is 27.0 Å². The smallest absolute Gasteiger partial charge is 0.309 e. The molecule has 0 saturated heterocycles. The van der Waals surface area contributed by atoms with Crippen molar-refractivity contribution in [1.29, 1.82) is 0 Å². The van der Waals surface area contributed by atoms with Crippen molar-refractivity contribution in [2.75, 3.05) is 7.05 Å². The zero-order valence-corrected chi connectivity index (χ0v) is 12.1. The Bertz CT molecular complexity index is 456. The van der Waals surface area contributed by atoms with Crippen LogP contribution in [0.4, 0.5) is 0 Å². The van der Waals surface area contributed by atoms with E-state index in [0.29, 0.717) is 10.9 Å². The third-order valence-corrected chi connectivity index (χ3v) is 3.84. The molecular formula is C12H16ClNO3S. The Balaban J connectivity index is 2.59. The second kappa shape index (κ2) is 5.71. The normalized spacial score (nSPS) is 11.3. The van der Waals surface area contributed by atoms with Crippen LogP contribution in [0.5, 0.6) is 0 Å². The number of thiophene rings is 1. The lowest BCUT2D eigenvalue weighted by Gasteiger charge is -2.23. The molecule has 0 aliphatic carbocycles. The summed E-state index contributed by atoms with van der Waals surface area (Å²) in [4.78, 5) is 25.4. The molecule has 100 valence electrons. The molecule has 1 amide bonds. The summed E-state index contributed by atoms with van der Waals surface area (Å²) in [5.41, 5.74) is -1.04. The van der Waals surface area contributed by atoms with Gasteiger partial charge in [0.2, 0.25) is 5.91 Å². The van der Waals surface area contributed by atoms with E-state index in [9.17, 15) is 9.59 Å². The van der Waals surface area contributed by atoms with Crippen LogP contribution in [-0.2, 0) is 16.1 Å². The number of nitrogens with zero attached hydrogens (tertiary/aromatic N) is 1. The number of carboxylic acids is 1. The molecule has 1 rings (SSSR count). The summed E-state index contributed by atoms with van der Waals surface area (Å²) >= 11 is 7.22. The molecule has 1 aromatic heterocycles. The average molecular weight is 290 g/mol. The summed E-state index contributed by atoms with van der Waals surface area (Å²) in [6.45, 7) is 3.54. The number of carbonyl (C=O) groups excluding carboxylic acids is 1. The number of hydrogen-bond donors (Lipinski definition) is 1. The van der Waals surface area contributed by atoms with E-state index in [1.165, 1.54) is 16.2 Å². The average Bonchev–Trinajstić information content (AvgIpc) is 2.63. The van der Waals surface area contributed by atoms with E-state index in [0.717, 1.165) is 4.88 Å². The molecule has 0 bridgehead atoms. The molecule has 0 aliphatic heterocycles. The first-order chi connectivity index (χ1) is 8.22. The minimum absolute atomic E-state index is 0.0159. The van der Waals surface area contributed by atoms with Crippen LogP contribution in [0.25, 0.3) is 0 Å². The van der Waals surface area contributed by atoms with Gasteiger partial charge in [-0.1, -0.05) is 11.6 Å². The quantitative estimate of drug-likeness (QED) is 0.907. The maximum Gasteiger partial charge on any atom is 0.309 e. The highest BCUT2D eigenvalue weighted by Crippen LogP contribution is 2.24. The maximum absolute atomic E-state index is 11.9. The first-order valence-corrected chi connectivity index (χ1v) is 6.63. The predicted octanol–water partition coefficient (Wildman–Crippen LogP) is 2.86. The molecule has 1 aromatic rings. The topological polar surface area (TPSA) is 57.6 Å². The van der Waals surface area contributed by atoms with E-state index < -0.39 is 11.4 Å². The SMILES string of the molecule is CN(Cc1ccc(Cl)s1)C(=O)CC(C)(C)C(=O)O. The van der Waals surface area contributed by atoms with Gasteiger partial charge < -0.3 is 10.0 Å². The Morgan fingerprint density at radius 1 is 1.44 bits per heavy atom. The summed E-state index contributed by atoms with van der Waals surface area (Å²) in [7, 11) is 1.66. The van der Waals surface area contributed by atoms with Gasteiger partial charge in [-0.05, 0) is 26.0 Å². The number of carbonyl (C=O) groups is 2. The van der Waals surface area contributed by atoms with Crippen molar-refractivity contribution in [3.8, 4) is 0 Å². The van der Waals surface area contributed by atoms with Gasteiger partial charge in [0.15, 0.2) is 0 Å². The monoisotopic (exact) mass is 289 g/mol. The van der Waals surface area contributed by atoms with Gasteiger partial charge in [0.25, 0.3) is 0 Å².